The molecule has 1 aliphatic rings. The molecule has 1 fully saturated rings. The quantitative estimate of drug-likeness (QED) is 0.509. The van der Waals surface area contributed by atoms with Gasteiger partial charge in [0.15, 0.2) is 5.78 Å². The minimum absolute atomic E-state index is 0.0885. The molecule has 0 bridgehead atoms. The summed E-state index contributed by atoms with van der Waals surface area (Å²) in [6.07, 6.45) is -0.742. The van der Waals surface area contributed by atoms with Crippen LogP contribution in [-0.2, 0) is 9.53 Å². The average molecular weight is 418 g/mol. The second kappa shape index (κ2) is 7.95. The van der Waals surface area contributed by atoms with Gasteiger partial charge in [-0.15, -0.1) is 0 Å². The molecule has 0 aliphatic carbocycles. The van der Waals surface area contributed by atoms with E-state index in [2.05, 4.69) is 0 Å². The SMILES string of the molecule is CC(C)(C)OC(=O)N1C(=O)C(C(=O)c2ccc(Cl)cc2)CC1c1ccc(F)cc1. The first kappa shape index (κ1) is 21.0. The van der Waals surface area contributed by atoms with Crippen molar-refractivity contribution >= 4 is 29.4 Å². The summed E-state index contributed by atoms with van der Waals surface area (Å²) in [6, 6.07) is 11.0. The van der Waals surface area contributed by atoms with Crippen LogP contribution in [0.1, 0.15) is 49.2 Å². The first-order valence-corrected chi connectivity index (χ1v) is 9.56. The van der Waals surface area contributed by atoms with Crippen molar-refractivity contribution in [3.05, 3.63) is 70.5 Å². The zero-order valence-corrected chi connectivity index (χ0v) is 17.1. The highest BCUT2D eigenvalue weighted by Crippen LogP contribution is 2.39. The van der Waals surface area contributed by atoms with Crippen LogP contribution in [0.2, 0.25) is 5.02 Å². The zero-order valence-electron chi connectivity index (χ0n) is 16.3. The van der Waals surface area contributed by atoms with Crippen LogP contribution in [0.3, 0.4) is 0 Å². The lowest BCUT2D eigenvalue weighted by Crippen LogP contribution is -2.40. The summed E-state index contributed by atoms with van der Waals surface area (Å²) >= 11 is 5.87. The predicted octanol–water partition coefficient (Wildman–Crippen LogP) is 5.19. The van der Waals surface area contributed by atoms with Crippen LogP contribution in [0.15, 0.2) is 48.5 Å². The van der Waals surface area contributed by atoms with Gasteiger partial charge in [-0.1, -0.05) is 23.7 Å². The molecule has 1 saturated heterocycles. The number of hydrogen-bond donors (Lipinski definition) is 0. The molecule has 1 heterocycles. The monoisotopic (exact) mass is 417 g/mol. The molecule has 2 aromatic rings. The summed E-state index contributed by atoms with van der Waals surface area (Å²) in [6.45, 7) is 5.07. The standard InChI is InChI=1S/C22H21ClFNO4/c1-22(2,3)29-21(28)25-18(13-6-10-16(24)11-7-13)12-17(20(25)27)19(26)14-4-8-15(23)9-5-14/h4-11,17-18H,12H2,1-3H3. The van der Waals surface area contributed by atoms with E-state index in [9.17, 15) is 18.8 Å². The Morgan fingerprint density at radius 2 is 1.66 bits per heavy atom. The summed E-state index contributed by atoms with van der Waals surface area (Å²) in [4.78, 5) is 39.7. The van der Waals surface area contributed by atoms with Gasteiger partial charge in [-0.05, 0) is 69.2 Å². The molecule has 7 heteroatoms. The molecule has 0 aromatic heterocycles. The predicted molar refractivity (Wildman–Crippen MR) is 106 cm³/mol. The molecule has 0 spiro atoms. The fourth-order valence-electron chi connectivity index (χ4n) is 3.28. The number of nitrogens with zero attached hydrogens (tertiary/aromatic N) is 1. The van der Waals surface area contributed by atoms with E-state index in [0.717, 1.165) is 4.90 Å². The van der Waals surface area contributed by atoms with Crippen LogP contribution in [-0.4, -0.2) is 28.3 Å². The van der Waals surface area contributed by atoms with Crippen molar-refractivity contribution in [2.45, 2.75) is 38.8 Å². The van der Waals surface area contributed by atoms with Crippen LogP contribution < -0.4 is 0 Å². The molecule has 3 rings (SSSR count). The first-order chi connectivity index (χ1) is 13.6. The van der Waals surface area contributed by atoms with Crippen molar-refractivity contribution in [3.63, 3.8) is 0 Å². The van der Waals surface area contributed by atoms with Gasteiger partial charge >= 0.3 is 6.09 Å². The Morgan fingerprint density at radius 3 is 2.21 bits per heavy atom. The molecule has 2 aromatic carbocycles. The van der Waals surface area contributed by atoms with E-state index < -0.39 is 41.2 Å². The summed E-state index contributed by atoms with van der Waals surface area (Å²) in [7, 11) is 0. The lowest BCUT2D eigenvalue weighted by molar-refractivity contribution is -0.130. The van der Waals surface area contributed by atoms with Gasteiger partial charge in [-0.2, -0.15) is 0 Å². The maximum Gasteiger partial charge on any atom is 0.417 e. The van der Waals surface area contributed by atoms with Gasteiger partial charge in [0.2, 0.25) is 5.91 Å². The van der Waals surface area contributed by atoms with Crippen molar-refractivity contribution in [1.82, 2.24) is 4.90 Å². The average Bonchev–Trinajstić information content (AvgIpc) is 2.98. The molecule has 1 aliphatic heterocycles. The third-order valence-corrected chi connectivity index (χ3v) is 4.85. The molecule has 5 nitrogen and oxygen atoms in total. The molecule has 152 valence electrons. The van der Waals surface area contributed by atoms with Crippen molar-refractivity contribution in [2.24, 2.45) is 5.92 Å². The lowest BCUT2D eigenvalue weighted by atomic mass is 9.93. The first-order valence-electron chi connectivity index (χ1n) is 9.18. The highest BCUT2D eigenvalue weighted by molar-refractivity contribution is 6.30. The number of carbonyl (C=O) groups excluding carboxylic acids is 3. The number of ether oxygens (including phenoxy) is 1. The van der Waals surface area contributed by atoms with Gasteiger partial charge in [0.25, 0.3) is 0 Å². The van der Waals surface area contributed by atoms with Crippen LogP contribution in [0.25, 0.3) is 0 Å². The largest absolute Gasteiger partial charge is 0.443 e. The maximum atomic E-state index is 13.4. The third kappa shape index (κ3) is 4.65. The normalized spacial score (nSPS) is 19.3. The Bertz CT molecular complexity index is 935. The second-order valence-electron chi connectivity index (χ2n) is 7.92. The maximum absolute atomic E-state index is 13.4. The molecule has 0 N–H and O–H groups in total. The molecular weight excluding hydrogens is 397 g/mol. The van der Waals surface area contributed by atoms with E-state index in [1.54, 1.807) is 45.0 Å². The number of carbonyl (C=O) groups is 3. The Labute approximate surface area is 173 Å². The smallest absolute Gasteiger partial charge is 0.417 e. The minimum atomic E-state index is -1.04. The lowest BCUT2D eigenvalue weighted by Gasteiger charge is -2.27. The summed E-state index contributed by atoms with van der Waals surface area (Å²) in [5, 5.41) is 0.471. The number of Topliss-reactive ketones (excluding diaryl/α,β-unsaturated/α-hetero) is 1. The Balaban J connectivity index is 1.95. The highest BCUT2D eigenvalue weighted by Gasteiger charge is 2.48. The highest BCUT2D eigenvalue weighted by atomic mass is 35.5. The molecular formula is C22H21ClFNO4. The number of imide groups is 1. The Hall–Kier alpha value is -2.73. The number of rotatable bonds is 3. The molecule has 2 amide bonds. The van der Waals surface area contributed by atoms with Gasteiger partial charge < -0.3 is 4.74 Å². The number of ketones is 1. The van der Waals surface area contributed by atoms with Gasteiger partial charge in [0.05, 0.1) is 6.04 Å². The Morgan fingerprint density at radius 1 is 1.07 bits per heavy atom. The van der Waals surface area contributed by atoms with Gasteiger partial charge in [-0.25, -0.2) is 14.1 Å². The summed E-state index contributed by atoms with van der Waals surface area (Å²) in [5.74, 6) is -2.51. The fourth-order valence-corrected chi connectivity index (χ4v) is 3.41. The minimum Gasteiger partial charge on any atom is -0.443 e. The number of amides is 2. The van der Waals surface area contributed by atoms with Crippen molar-refractivity contribution < 1.29 is 23.5 Å². The number of benzene rings is 2. The van der Waals surface area contributed by atoms with Gasteiger partial charge in [0.1, 0.15) is 17.3 Å². The summed E-state index contributed by atoms with van der Waals surface area (Å²) < 4.78 is 18.7. The van der Waals surface area contributed by atoms with Crippen LogP contribution in [0, 0.1) is 11.7 Å². The zero-order chi connectivity index (χ0) is 21.3. The third-order valence-electron chi connectivity index (χ3n) is 4.60. The fraction of sp³-hybridized carbons (Fsp3) is 0.318. The van der Waals surface area contributed by atoms with Crippen molar-refractivity contribution in [2.75, 3.05) is 0 Å². The van der Waals surface area contributed by atoms with Crippen molar-refractivity contribution in [1.29, 1.82) is 0 Å². The molecule has 0 saturated carbocycles. The second-order valence-corrected chi connectivity index (χ2v) is 8.35. The van der Waals surface area contributed by atoms with E-state index in [1.165, 1.54) is 24.3 Å². The Kier molecular flexibility index (Phi) is 5.75. The van der Waals surface area contributed by atoms with Crippen molar-refractivity contribution in [3.8, 4) is 0 Å². The van der Waals surface area contributed by atoms with E-state index in [4.69, 9.17) is 16.3 Å². The van der Waals surface area contributed by atoms with E-state index in [0.29, 0.717) is 16.1 Å². The van der Waals surface area contributed by atoms with E-state index >= 15 is 0 Å². The molecule has 2 unspecified atom stereocenters. The summed E-state index contributed by atoms with van der Waals surface area (Å²) in [5.41, 5.74) is 0.0665. The van der Waals surface area contributed by atoms with Gasteiger partial charge in [-0.3, -0.25) is 9.59 Å². The van der Waals surface area contributed by atoms with E-state index in [1.807, 2.05) is 0 Å². The van der Waals surface area contributed by atoms with Gasteiger partial charge in [0, 0.05) is 10.6 Å². The number of likely N-dealkylation sites (tertiary alicyclic amines) is 1. The van der Waals surface area contributed by atoms with Crippen LogP contribution in [0.5, 0.6) is 0 Å². The number of hydrogen-bond acceptors (Lipinski definition) is 4. The van der Waals surface area contributed by atoms with Crippen LogP contribution >= 0.6 is 11.6 Å². The van der Waals surface area contributed by atoms with Crippen LogP contribution in [0.4, 0.5) is 9.18 Å². The molecule has 0 radical (unpaired) electrons. The number of halogens is 2. The van der Waals surface area contributed by atoms with E-state index in [-0.39, 0.29) is 6.42 Å². The molecule has 29 heavy (non-hydrogen) atoms. The topological polar surface area (TPSA) is 63.7 Å². The molecule has 2 atom stereocenters.